The van der Waals surface area contributed by atoms with Gasteiger partial charge in [0.05, 0.1) is 12.7 Å². The van der Waals surface area contributed by atoms with Crippen LogP contribution in [0.2, 0.25) is 0 Å². The van der Waals surface area contributed by atoms with Crippen molar-refractivity contribution in [1.29, 1.82) is 0 Å². The molecule has 0 unspecified atom stereocenters. The summed E-state index contributed by atoms with van der Waals surface area (Å²) in [5.41, 5.74) is 2.66. The summed E-state index contributed by atoms with van der Waals surface area (Å²) < 4.78 is 5.65. The second-order valence-electron chi connectivity index (χ2n) is 7.41. The molecule has 1 heterocycles. The van der Waals surface area contributed by atoms with Gasteiger partial charge in [0, 0.05) is 39.3 Å². The largest absolute Gasteiger partial charge is 0.377 e. The average molecular weight is 361 g/mol. The highest BCUT2D eigenvalue weighted by Crippen LogP contribution is 2.10. The van der Waals surface area contributed by atoms with Gasteiger partial charge in [0.15, 0.2) is 5.96 Å². The zero-order chi connectivity index (χ0) is 18.8. The van der Waals surface area contributed by atoms with Gasteiger partial charge in [0.2, 0.25) is 0 Å². The topological polar surface area (TPSA) is 48.9 Å². The van der Waals surface area contributed by atoms with Crippen LogP contribution in [0.15, 0.2) is 29.3 Å². The maximum Gasteiger partial charge on any atom is 0.191 e. The van der Waals surface area contributed by atoms with Gasteiger partial charge in [-0.15, -0.1) is 0 Å². The first-order chi connectivity index (χ1) is 12.6. The minimum atomic E-state index is 0.323. The van der Waals surface area contributed by atoms with Gasteiger partial charge in [-0.05, 0) is 45.6 Å². The first-order valence-corrected chi connectivity index (χ1v) is 9.93. The van der Waals surface area contributed by atoms with Gasteiger partial charge < -0.3 is 20.3 Å². The molecule has 0 aliphatic carbocycles. The lowest BCUT2D eigenvalue weighted by atomic mass is 10.1. The fraction of sp³-hybridized carbons (Fsp3) is 0.667. The van der Waals surface area contributed by atoms with Gasteiger partial charge in [0.25, 0.3) is 0 Å². The molecule has 0 bridgehead atoms. The molecule has 1 saturated heterocycles. The van der Waals surface area contributed by atoms with Crippen molar-refractivity contribution >= 4 is 5.96 Å². The first-order valence-electron chi connectivity index (χ1n) is 9.93. The Hall–Kier alpha value is -1.59. The standard InChI is InChI=1S/C21H36N4O/c1-17(2)26-16-15-25-13-10-20(11-14-25)24-21(22-4)23-12-9-19-7-5-18(3)6-8-19/h5-8,17,20H,9-16H2,1-4H3,(H2,22,23,24). The lowest BCUT2D eigenvalue weighted by molar-refractivity contribution is 0.0532. The quantitative estimate of drug-likeness (QED) is 0.553. The van der Waals surface area contributed by atoms with Crippen LogP contribution in [0.4, 0.5) is 0 Å². The van der Waals surface area contributed by atoms with Crippen molar-refractivity contribution in [2.24, 2.45) is 4.99 Å². The SMILES string of the molecule is CN=C(NCCc1ccc(C)cc1)NC1CCN(CCOC(C)C)CC1. The fourth-order valence-electron chi connectivity index (χ4n) is 3.19. The Labute approximate surface area is 159 Å². The number of nitrogens with zero attached hydrogens (tertiary/aromatic N) is 2. The molecular weight excluding hydrogens is 324 g/mol. The third-order valence-electron chi connectivity index (χ3n) is 4.84. The van der Waals surface area contributed by atoms with Gasteiger partial charge >= 0.3 is 0 Å². The van der Waals surface area contributed by atoms with Crippen molar-refractivity contribution in [2.45, 2.75) is 52.2 Å². The summed E-state index contributed by atoms with van der Waals surface area (Å²) in [6.07, 6.45) is 3.64. The van der Waals surface area contributed by atoms with Crippen molar-refractivity contribution in [3.05, 3.63) is 35.4 Å². The summed E-state index contributed by atoms with van der Waals surface area (Å²) in [5.74, 6) is 0.915. The Morgan fingerprint density at radius 2 is 1.92 bits per heavy atom. The lowest BCUT2D eigenvalue weighted by Crippen LogP contribution is -2.49. The fourth-order valence-corrected chi connectivity index (χ4v) is 3.19. The Morgan fingerprint density at radius 3 is 2.54 bits per heavy atom. The van der Waals surface area contributed by atoms with Crippen molar-refractivity contribution < 1.29 is 4.74 Å². The number of ether oxygens (including phenoxy) is 1. The number of rotatable bonds is 8. The van der Waals surface area contributed by atoms with E-state index in [1.54, 1.807) is 0 Å². The normalized spacial score (nSPS) is 16.9. The minimum absolute atomic E-state index is 0.323. The third-order valence-corrected chi connectivity index (χ3v) is 4.84. The highest BCUT2D eigenvalue weighted by atomic mass is 16.5. The number of likely N-dealkylation sites (tertiary alicyclic amines) is 1. The maximum absolute atomic E-state index is 5.65. The predicted molar refractivity (Wildman–Crippen MR) is 110 cm³/mol. The number of guanidine groups is 1. The minimum Gasteiger partial charge on any atom is -0.377 e. The lowest BCUT2D eigenvalue weighted by Gasteiger charge is -2.33. The number of aliphatic imine (C=N–C) groups is 1. The second-order valence-corrected chi connectivity index (χ2v) is 7.41. The molecule has 0 atom stereocenters. The van der Waals surface area contributed by atoms with Crippen LogP contribution in [0, 0.1) is 6.92 Å². The molecule has 0 spiro atoms. The molecule has 0 radical (unpaired) electrons. The molecule has 146 valence electrons. The van der Waals surface area contributed by atoms with Gasteiger partial charge in [-0.3, -0.25) is 4.99 Å². The van der Waals surface area contributed by atoms with Crippen molar-refractivity contribution in [2.75, 3.05) is 39.8 Å². The first kappa shape index (κ1) is 20.7. The monoisotopic (exact) mass is 360 g/mol. The Kier molecular flexibility index (Phi) is 8.92. The molecule has 2 N–H and O–H groups in total. The van der Waals surface area contributed by atoms with Crippen molar-refractivity contribution in [3.8, 4) is 0 Å². The molecule has 1 aliphatic heterocycles. The number of aryl methyl sites for hydroxylation is 1. The molecule has 1 aromatic carbocycles. The van der Waals surface area contributed by atoms with Gasteiger partial charge in [-0.2, -0.15) is 0 Å². The summed E-state index contributed by atoms with van der Waals surface area (Å²) in [4.78, 5) is 6.87. The van der Waals surface area contributed by atoms with E-state index in [9.17, 15) is 0 Å². The van der Waals surface area contributed by atoms with E-state index in [4.69, 9.17) is 4.74 Å². The molecule has 0 saturated carbocycles. The van der Waals surface area contributed by atoms with E-state index in [1.807, 2.05) is 7.05 Å². The van der Waals surface area contributed by atoms with Crippen LogP contribution in [0.1, 0.15) is 37.8 Å². The molecule has 0 aromatic heterocycles. The molecule has 5 heteroatoms. The van der Waals surface area contributed by atoms with E-state index in [1.165, 1.54) is 11.1 Å². The molecule has 0 amide bonds. The van der Waals surface area contributed by atoms with Crippen LogP contribution in [-0.4, -0.2) is 62.8 Å². The third kappa shape index (κ3) is 7.75. The highest BCUT2D eigenvalue weighted by Gasteiger charge is 2.19. The smallest absolute Gasteiger partial charge is 0.191 e. The van der Waals surface area contributed by atoms with E-state index < -0.39 is 0 Å². The number of piperidine rings is 1. The number of nitrogens with one attached hydrogen (secondary N) is 2. The van der Waals surface area contributed by atoms with E-state index in [-0.39, 0.29) is 0 Å². The van der Waals surface area contributed by atoms with Crippen molar-refractivity contribution in [3.63, 3.8) is 0 Å². The Bertz CT molecular complexity index is 533. The Balaban J connectivity index is 1.63. The molecular formula is C21H36N4O. The van der Waals surface area contributed by atoms with Crippen LogP contribution in [0.3, 0.4) is 0 Å². The number of benzene rings is 1. The molecule has 2 rings (SSSR count). The van der Waals surface area contributed by atoms with E-state index in [0.717, 1.165) is 58.0 Å². The second kappa shape index (κ2) is 11.2. The molecule has 26 heavy (non-hydrogen) atoms. The summed E-state index contributed by atoms with van der Waals surface area (Å²) in [5, 5.41) is 7.02. The van der Waals surface area contributed by atoms with Gasteiger partial charge in [0.1, 0.15) is 0 Å². The van der Waals surface area contributed by atoms with Crippen LogP contribution in [-0.2, 0) is 11.2 Å². The van der Waals surface area contributed by atoms with Gasteiger partial charge in [-0.25, -0.2) is 0 Å². The summed E-state index contributed by atoms with van der Waals surface area (Å²) in [6.45, 7) is 11.3. The van der Waals surface area contributed by atoms with E-state index in [2.05, 4.69) is 65.6 Å². The van der Waals surface area contributed by atoms with Crippen LogP contribution < -0.4 is 10.6 Å². The summed E-state index contributed by atoms with van der Waals surface area (Å²) in [6, 6.07) is 9.24. The van der Waals surface area contributed by atoms with Crippen LogP contribution in [0.5, 0.6) is 0 Å². The molecule has 1 aromatic rings. The highest BCUT2D eigenvalue weighted by molar-refractivity contribution is 5.79. The van der Waals surface area contributed by atoms with E-state index >= 15 is 0 Å². The zero-order valence-corrected chi connectivity index (χ0v) is 16.9. The van der Waals surface area contributed by atoms with Crippen LogP contribution in [0.25, 0.3) is 0 Å². The number of hydrogen-bond donors (Lipinski definition) is 2. The Morgan fingerprint density at radius 1 is 1.23 bits per heavy atom. The van der Waals surface area contributed by atoms with Crippen molar-refractivity contribution in [1.82, 2.24) is 15.5 Å². The summed E-state index contributed by atoms with van der Waals surface area (Å²) >= 11 is 0. The van der Waals surface area contributed by atoms with Gasteiger partial charge in [-0.1, -0.05) is 29.8 Å². The molecule has 1 aliphatic rings. The zero-order valence-electron chi connectivity index (χ0n) is 16.9. The van der Waals surface area contributed by atoms with E-state index in [0.29, 0.717) is 12.1 Å². The molecule has 5 nitrogen and oxygen atoms in total. The van der Waals surface area contributed by atoms with Crippen LogP contribution >= 0.6 is 0 Å². The maximum atomic E-state index is 5.65. The average Bonchev–Trinajstić information content (AvgIpc) is 2.63. The predicted octanol–water partition coefficient (Wildman–Crippen LogP) is 2.59. The summed E-state index contributed by atoms with van der Waals surface area (Å²) in [7, 11) is 1.85. The molecule has 1 fully saturated rings. The number of hydrogen-bond acceptors (Lipinski definition) is 3.